The van der Waals surface area contributed by atoms with Gasteiger partial charge in [0.2, 0.25) is 0 Å². The molecule has 0 aromatic heterocycles. The summed E-state index contributed by atoms with van der Waals surface area (Å²) in [6, 6.07) is 0. The van der Waals surface area contributed by atoms with Crippen LogP contribution in [0.1, 0.15) is 39.5 Å². The lowest BCUT2D eigenvalue weighted by Gasteiger charge is -2.06. The van der Waals surface area contributed by atoms with Crippen LogP contribution in [0.2, 0.25) is 0 Å². The molecule has 0 aliphatic rings. The second-order valence-electron chi connectivity index (χ2n) is 3.05. The molecule has 4 heteroatoms. The predicted molar refractivity (Wildman–Crippen MR) is 49.9 cm³/mol. The van der Waals surface area contributed by atoms with Gasteiger partial charge in [0.15, 0.2) is 6.10 Å². The summed E-state index contributed by atoms with van der Waals surface area (Å²) in [6.45, 7) is 4.17. The monoisotopic (exact) mass is 189 g/mol. The van der Waals surface area contributed by atoms with Gasteiger partial charge >= 0.3 is 5.97 Å². The lowest BCUT2D eigenvalue weighted by atomic mass is 10.2. The van der Waals surface area contributed by atoms with E-state index in [1.807, 2.05) is 0 Å². The molecule has 1 atom stereocenters. The molecule has 0 bridgehead atoms. The van der Waals surface area contributed by atoms with Gasteiger partial charge in [-0.2, -0.15) is 5.48 Å². The maximum absolute atomic E-state index is 10.7. The van der Waals surface area contributed by atoms with E-state index in [1.54, 1.807) is 0 Å². The van der Waals surface area contributed by atoms with Crippen LogP contribution in [0.15, 0.2) is 0 Å². The molecule has 0 heterocycles. The largest absolute Gasteiger partial charge is 0.382 e. The van der Waals surface area contributed by atoms with Gasteiger partial charge in [0.1, 0.15) is 0 Å². The molecule has 13 heavy (non-hydrogen) atoms. The Morgan fingerprint density at radius 2 is 2.15 bits per heavy atom. The fourth-order valence-electron chi connectivity index (χ4n) is 0.831. The van der Waals surface area contributed by atoms with Crippen molar-refractivity contribution in [2.45, 2.75) is 45.6 Å². The summed E-state index contributed by atoms with van der Waals surface area (Å²) in [5, 5.41) is 8.75. The molecule has 0 aromatic rings. The first kappa shape index (κ1) is 12.4. The van der Waals surface area contributed by atoms with E-state index in [2.05, 4.69) is 17.2 Å². The van der Waals surface area contributed by atoms with E-state index in [0.29, 0.717) is 6.54 Å². The molecular weight excluding hydrogens is 170 g/mol. The third-order valence-corrected chi connectivity index (χ3v) is 1.65. The minimum absolute atomic E-state index is 0.629. The van der Waals surface area contributed by atoms with Crippen molar-refractivity contribution in [2.75, 3.05) is 6.54 Å². The molecule has 0 fully saturated rings. The highest BCUT2D eigenvalue weighted by Gasteiger charge is 2.09. The second-order valence-corrected chi connectivity index (χ2v) is 3.05. The number of aliphatic hydroxyl groups is 1. The lowest BCUT2D eigenvalue weighted by molar-refractivity contribution is -0.160. The summed E-state index contributed by atoms with van der Waals surface area (Å²) in [5.74, 6) is -0.629. The topological polar surface area (TPSA) is 58.6 Å². The quantitative estimate of drug-likeness (QED) is 0.463. The molecule has 0 aliphatic heterocycles. The van der Waals surface area contributed by atoms with E-state index >= 15 is 0 Å². The Bertz CT molecular complexity index is 137. The summed E-state index contributed by atoms with van der Waals surface area (Å²) in [7, 11) is 0. The number of hydrogen-bond acceptors (Lipinski definition) is 4. The van der Waals surface area contributed by atoms with Crippen molar-refractivity contribution in [3.8, 4) is 0 Å². The van der Waals surface area contributed by atoms with Crippen molar-refractivity contribution in [3.05, 3.63) is 0 Å². The molecular formula is C9H19NO3. The number of unbranched alkanes of at least 4 members (excludes halogenated alkanes) is 3. The average Bonchev–Trinajstić information content (AvgIpc) is 2.10. The molecule has 0 rings (SSSR count). The average molecular weight is 189 g/mol. The number of hydroxylamine groups is 1. The number of aliphatic hydroxyl groups excluding tert-OH is 1. The fourth-order valence-corrected chi connectivity index (χ4v) is 0.831. The Hall–Kier alpha value is -0.610. The number of carbonyl (C=O) groups is 1. The molecule has 78 valence electrons. The van der Waals surface area contributed by atoms with E-state index in [1.165, 1.54) is 19.8 Å². The normalized spacial score (nSPS) is 12.5. The zero-order chi connectivity index (χ0) is 10.1. The minimum Gasteiger partial charge on any atom is -0.382 e. The number of carbonyl (C=O) groups excluding carboxylic acids is 1. The van der Waals surface area contributed by atoms with Crippen molar-refractivity contribution >= 4 is 5.97 Å². The maximum atomic E-state index is 10.7. The lowest BCUT2D eigenvalue weighted by Crippen LogP contribution is -2.27. The van der Waals surface area contributed by atoms with Crippen LogP contribution in [-0.4, -0.2) is 23.7 Å². The molecule has 0 aromatic carbocycles. The second kappa shape index (κ2) is 8.01. The third-order valence-electron chi connectivity index (χ3n) is 1.65. The van der Waals surface area contributed by atoms with E-state index in [-0.39, 0.29) is 0 Å². The van der Waals surface area contributed by atoms with E-state index in [4.69, 9.17) is 5.11 Å². The summed E-state index contributed by atoms with van der Waals surface area (Å²) in [5.41, 5.74) is 2.52. The minimum atomic E-state index is -1.05. The molecule has 0 saturated heterocycles. The van der Waals surface area contributed by atoms with Gasteiger partial charge in [0, 0.05) is 6.54 Å². The Morgan fingerprint density at radius 1 is 1.46 bits per heavy atom. The van der Waals surface area contributed by atoms with Gasteiger partial charge in [-0.05, 0) is 13.3 Å². The number of hydrogen-bond donors (Lipinski definition) is 2. The summed E-state index contributed by atoms with van der Waals surface area (Å²) >= 11 is 0. The van der Waals surface area contributed by atoms with Gasteiger partial charge in [-0.1, -0.05) is 26.2 Å². The smallest absolute Gasteiger partial charge is 0.353 e. The highest BCUT2D eigenvalue weighted by atomic mass is 16.7. The van der Waals surface area contributed by atoms with Crippen molar-refractivity contribution < 1.29 is 14.7 Å². The van der Waals surface area contributed by atoms with Gasteiger partial charge < -0.3 is 9.94 Å². The zero-order valence-corrected chi connectivity index (χ0v) is 8.38. The Labute approximate surface area is 79.2 Å². The van der Waals surface area contributed by atoms with Crippen LogP contribution in [0.5, 0.6) is 0 Å². The van der Waals surface area contributed by atoms with Crippen LogP contribution < -0.4 is 5.48 Å². The molecule has 0 spiro atoms. The molecule has 0 saturated carbocycles. The molecule has 0 aliphatic carbocycles. The highest BCUT2D eigenvalue weighted by molar-refractivity contribution is 5.73. The van der Waals surface area contributed by atoms with Gasteiger partial charge in [-0.15, -0.1) is 0 Å². The Balaban J connectivity index is 3.12. The zero-order valence-electron chi connectivity index (χ0n) is 8.38. The van der Waals surface area contributed by atoms with Gasteiger partial charge in [-0.25, -0.2) is 4.79 Å². The van der Waals surface area contributed by atoms with Crippen LogP contribution in [0.3, 0.4) is 0 Å². The summed E-state index contributed by atoms with van der Waals surface area (Å²) in [6.07, 6.45) is 3.46. The fraction of sp³-hybridized carbons (Fsp3) is 0.889. The molecule has 4 nitrogen and oxygen atoms in total. The van der Waals surface area contributed by atoms with E-state index in [9.17, 15) is 4.79 Å². The first-order valence-corrected chi connectivity index (χ1v) is 4.80. The van der Waals surface area contributed by atoms with Gasteiger partial charge in [-0.3, -0.25) is 0 Å². The van der Waals surface area contributed by atoms with Crippen molar-refractivity contribution in [1.29, 1.82) is 0 Å². The van der Waals surface area contributed by atoms with Crippen LogP contribution in [0.4, 0.5) is 0 Å². The SMILES string of the molecule is CCCCCCNOC(=O)C(C)O. The first-order valence-electron chi connectivity index (χ1n) is 4.80. The molecule has 0 radical (unpaired) electrons. The van der Waals surface area contributed by atoms with Gasteiger partial charge in [0.05, 0.1) is 0 Å². The van der Waals surface area contributed by atoms with E-state index < -0.39 is 12.1 Å². The molecule has 0 amide bonds. The highest BCUT2D eigenvalue weighted by Crippen LogP contribution is 1.96. The summed E-state index contributed by atoms with van der Waals surface area (Å²) < 4.78 is 0. The van der Waals surface area contributed by atoms with Crippen LogP contribution in [0.25, 0.3) is 0 Å². The maximum Gasteiger partial charge on any atom is 0.353 e. The number of nitrogens with one attached hydrogen (secondary N) is 1. The predicted octanol–water partition coefficient (Wildman–Crippen LogP) is 0.995. The Morgan fingerprint density at radius 3 is 2.69 bits per heavy atom. The van der Waals surface area contributed by atoms with Gasteiger partial charge in [0.25, 0.3) is 0 Å². The van der Waals surface area contributed by atoms with Crippen molar-refractivity contribution in [1.82, 2.24) is 5.48 Å². The van der Waals surface area contributed by atoms with Crippen molar-refractivity contribution in [3.63, 3.8) is 0 Å². The first-order chi connectivity index (χ1) is 6.18. The molecule has 2 N–H and O–H groups in total. The molecule has 1 unspecified atom stereocenters. The van der Waals surface area contributed by atoms with Crippen LogP contribution in [-0.2, 0) is 9.63 Å². The number of rotatable bonds is 7. The summed E-state index contributed by atoms with van der Waals surface area (Å²) in [4.78, 5) is 15.2. The van der Waals surface area contributed by atoms with Crippen LogP contribution in [0, 0.1) is 0 Å². The van der Waals surface area contributed by atoms with Crippen molar-refractivity contribution in [2.24, 2.45) is 0 Å². The van der Waals surface area contributed by atoms with Crippen LogP contribution >= 0.6 is 0 Å². The third kappa shape index (κ3) is 7.74. The standard InChI is InChI=1S/C9H19NO3/c1-3-4-5-6-7-10-13-9(12)8(2)11/h8,10-11H,3-7H2,1-2H3. The Kier molecular flexibility index (Phi) is 7.63. The van der Waals surface area contributed by atoms with E-state index in [0.717, 1.165) is 12.8 Å².